The molecule has 6 rings (SSSR count). The van der Waals surface area contributed by atoms with Crippen molar-refractivity contribution in [3.8, 4) is 17.2 Å². The SMILES string of the molecule is COc1ccc2c[c]([Bi]([c]3ccc4cc(OC)ccc4c3)[c]3ccc4cc(OC)ccc4c3)ccc2c1. The van der Waals surface area contributed by atoms with E-state index in [9.17, 15) is 0 Å². The van der Waals surface area contributed by atoms with Gasteiger partial charge in [-0.15, -0.1) is 0 Å². The quantitative estimate of drug-likeness (QED) is 0.212. The first-order chi connectivity index (χ1) is 18.1. The molecule has 0 aliphatic carbocycles. The molecule has 0 aliphatic heterocycles. The van der Waals surface area contributed by atoms with Crippen LogP contribution in [0.2, 0.25) is 0 Å². The van der Waals surface area contributed by atoms with Crippen LogP contribution in [0.1, 0.15) is 0 Å². The molecule has 0 spiro atoms. The summed E-state index contributed by atoms with van der Waals surface area (Å²) in [6.07, 6.45) is 0. The predicted octanol–water partition coefficient (Wildman–Crippen LogP) is 5.69. The van der Waals surface area contributed by atoms with Gasteiger partial charge in [0.2, 0.25) is 0 Å². The molecule has 0 amide bonds. The van der Waals surface area contributed by atoms with Crippen LogP contribution < -0.4 is 24.0 Å². The van der Waals surface area contributed by atoms with Crippen molar-refractivity contribution >= 4 is 63.9 Å². The van der Waals surface area contributed by atoms with Crippen LogP contribution in [0.5, 0.6) is 17.2 Å². The van der Waals surface area contributed by atoms with Crippen LogP contribution in [0.25, 0.3) is 32.3 Å². The summed E-state index contributed by atoms with van der Waals surface area (Å²) in [5.41, 5.74) is 0. The molecule has 0 atom stereocenters. The number of rotatable bonds is 6. The first-order valence-corrected chi connectivity index (χ1v) is 17.4. The minimum absolute atomic E-state index is 0.884. The molecule has 0 bridgehead atoms. The van der Waals surface area contributed by atoms with Gasteiger partial charge in [0.05, 0.1) is 0 Å². The fourth-order valence-corrected chi connectivity index (χ4v) is 14.1. The topological polar surface area (TPSA) is 27.7 Å². The average Bonchev–Trinajstić information content (AvgIpc) is 2.96. The Morgan fingerprint density at radius 3 is 0.919 bits per heavy atom. The third-order valence-corrected chi connectivity index (χ3v) is 16.1. The third kappa shape index (κ3) is 4.63. The Bertz CT molecular complexity index is 1550. The second-order valence-corrected chi connectivity index (χ2v) is 17.7. The molecule has 182 valence electrons. The molecule has 0 saturated heterocycles. The fraction of sp³-hybridized carbons (Fsp3) is 0.0909. The van der Waals surface area contributed by atoms with Crippen LogP contribution in [0.3, 0.4) is 0 Å². The summed E-state index contributed by atoms with van der Waals surface area (Å²) in [5, 5.41) is 7.33. The van der Waals surface area contributed by atoms with Gasteiger partial charge in [-0.1, -0.05) is 0 Å². The molecule has 0 radical (unpaired) electrons. The monoisotopic (exact) mass is 680 g/mol. The molecular weight excluding hydrogens is 653 g/mol. The number of ether oxygens (including phenoxy) is 3. The van der Waals surface area contributed by atoms with Crippen molar-refractivity contribution in [2.24, 2.45) is 0 Å². The Morgan fingerprint density at radius 2 is 0.622 bits per heavy atom. The van der Waals surface area contributed by atoms with E-state index in [0.717, 1.165) is 17.2 Å². The van der Waals surface area contributed by atoms with Gasteiger partial charge in [-0.3, -0.25) is 0 Å². The van der Waals surface area contributed by atoms with Crippen LogP contribution in [-0.4, -0.2) is 43.1 Å². The molecule has 0 heterocycles. The Hall–Kier alpha value is -3.62. The predicted molar refractivity (Wildman–Crippen MR) is 156 cm³/mol. The fourth-order valence-electron chi connectivity index (χ4n) is 4.88. The molecule has 0 fully saturated rings. The van der Waals surface area contributed by atoms with Crippen LogP contribution in [-0.2, 0) is 0 Å². The van der Waals surface area contributed by atoms with E-state index < -0.39 is 21.8 Å². The zero-order valence-corrected chi connectivity index (χ0v) is 24.5. The van der Waals surface area contributed by atoms with E-state index in [1.165, 1.54) is 42.1 Å². The average molecular weight is 681 g/mol. The van der Waals surface area contributed by atoms with Crippen LogP contribution in [0.4, 0.5) is 0 Å². The first-order valence-electron chi connectivity index (χ1n) is 12.2. The van der Waals surface area contributed by atoms with Gasteiger partial charge in [0, 0.05) is 0 Å². The van der Waals surface area contributed by atoms with Crippen molar-refractivity contribution in [1.82, 2.24) is 0 Å². The van der Waals surface area contributed by atoms with E-state index in [-0.39, 0.29) is 0 Å². The zero-order valence-electron chi connectivity index (χ0n) is 21.1. The van der Waals surface area contributed by atoms with Gasteiger partial charge >= 0.3 is 226 Å². The summed E-state index contributed by atoms with van der Waals surface area (Å²) in [6.45, 7) is 0. The summed E-state index contributed by atoms with van der Waals surface area (Å²) in [4.78, 5) is 0. The molecule has 0 unspecified atom stereocenters. The van der Waals surface area contributed by atoms with E-state index in [2.05, 4.69) is 91.0 Å². The summed E-state index contributed by atoms with van der Waals surface area (Å²) >= 11 is -2.65. The van der Waals surface area contributed by atoms with Gasteiger partial charge < -0.3 is 0 Å². The molecule has 6 aromatic rings. The molecule has 37 heavy (non-hydrogen) atoms. The van der Waals surface area contributed by atoms with Crippen molar-refractivity contribution in [1.29, 1.82) is 0 Å². The van der Waals surface area contributed by atoms with Crippen molar-refractivity contribution in [2.45, 2.75) is 0 Å². The number of hydrogen-bond donors (Lipinski definition) is 0. The Labute approximate surface area is 224 Å². The zero-order chi connectivity index (χ0) is 25.4. The van der Waals surface area contributed by atoms with Crippen LogP contribution in [0.15, 0.2) is 109 Å². The van der Waals surface area contributed by atoms with Gasteiger partial charge in [0.25, 0.3) is 0 Å². The first kappa shape index (κ1) is 23.8. The maximum absolute atomic E-state index is 5.45. The summed E-state index contributed by atoms with van der Waals surface area (Å²) in [6, 6.07) is 39.8. The molecular formula is C33H27BiO3. The van der Waals surface area contributed by atoms with Gasteiger partial charge in [0.15, 0.2) is 0 Å². The van der Waals surface area contributed by atoms with Crippen molar-refractivity contribution < 1.29 is 14.2 Å². The number of methoxy groups -OCH3 is 3. The summed E-state index contributed by atoms with van der Waals surface area (Å²) < 4.78 is 20.7. The van der Waals surface area contributed by atoms with Gasteiger partial charge in [-0.25, -0.2) is 0 Å². The molecule has 0 N–H and O–H groups in total. The van der Waals surface area contributed by atoms with Crippen LogP contribution in [0, 0.1) is 0 Å². The van der Waals surface area contributed by atoms with Crippen molar-refractivity contribution in [3.63, 3.8) is 0 Å². The van der Waals surface area contributed by atoms with E-state index in [0.29, 0.717) is 0 Å². The standard InChI is InChI=1S/3C11H9O.Bi/c3*1-12-11-7-6-9-4-2-3-5-10(9)8-11;/h3*3-8H,1H3;. The third-order valence-electron chi connectivity index (χ3n) is 6.87. The Balaban J connectivity index is 1.53. The molecule has 6 aromatic carbocycles. The van der Waals surface area contributed by atoms with Gasteiger partial charge in [0.1, 0.15) is 0 Å². The Morgan fingerprint density at radius 1 is 0.351 bits per heavy atom. The van der Waals surface area contributed by atoms with Gasteiger partial charge in [-0.05, 0) is 0 Å². The second-order valence-electron chi connectivity index (χ2n) is 9.03. The van der Waals surface area contributed by atoms with Crippen LogP contribution >= 0.6 is 0 Å². The number of hydrogen-bond acceptors (Lipinski definition) is 3. The summed E-state index contributed by atoms with van der Waals surface area (Å²) in [7, 11) is 5.14. The van der Waals surface area contributed by atoms with Gasteiger partial charge in [-0.2, -0.15) is 0 Å². The second kappa shape index (κ2) is 10.0. The van der Waals surface area contributed by atoms with E-state index in [1.807, 2.05) is 18.2 Å². The maximum atomic E-state index is 5.45. The van der Waals surface area contributed by atoms with Crippen molar-refractivity contribution in [2.75, 3.05) is 21.3 Å². The molecule has 0 saturated carbocycles. The molecule has 4 heteroatoms. The normalized spacial score (nSPS) is 11.4. The number of fused-ring (bicyclic) bond motifs is 3. The van der Waals surface area contributed by atoms with E-state index in [1.54, 1.807) is 21.3 Å². The molecule has 3 nitrogen and oxygen atoms in total. The molecule has 0 aromatic heterocycles. The number of benzene rings is 6. The van der Waals surface area contributed by atoms with E-state index in [4.69, 9.17) is 14.2 Å². The summed E-state index contributed by atoms with van der Waals surface area (Å²) in [5.74, 6) is 2.65. The van der Waals surface area contributed by atoms with Crippen molar-refractivity contribution in [3.05, 3.63) is 109 Å². The van der Waals surface area contributed by atoms with E-state index >= 15 is 0 Å². The molecule has 0 aliphatic rings. The Kier molecular flexibility index (Phi) is 6.44. The minimum atomic E-state index is -2.65.